The second-order valence-electron chi connectivity index (χ2n) is 9.80. The van der Waals surface area contributed by atoms with Crippen molar-refractivity contribution in [2.75, 3.05) is 39.3 Å². The number of carbonyl (C=O) groups is 4. The molecule has 4 N–H and O–H groups in total. The summed E-state index contributed by atoms with van der Waals surface area (Å²) >= 11 is 0. The first-order valence-corrected chi connectivity index (χ1v) is 14.0. The molecule has 1 aliphatic carbocycles. The average Bonchev–Trinajstić information content (AvgIpc) is 3.39. The standard InChI is InChI=1S/C21H32N4O.2C4H4O4/c1-2-8-19(9-3-1)24-15-13-23(14-16-24)11-6-7-17-26-21-18-20-10-4-5-12-25(20)22-21;2*5-3(6)1-2-4(7)8/h4-5,10,12,18-19H,1-3,6-9,11,13-17H2;2*1-2H,(H,5,6)(H,7,8)/b;2*2-1-. The summed E-state index contributed by atoms with van der Waals surface area (Å²) in [6.07, 6.45) is 13.7. The normalized spacial score (nSPS) is 16.4. The topological polar surface area (TPSA) is 182 Å². The molecule has 0 unspecified atom stereocenters. The largest absolute Gasteiger partial charge is 0.478 e. The third-order valence-electron chi connectivity index (χ3n) is 6.70. The van der Waals surface area contributed by atoms with Crippen molar-refractivity contribution in [1.29, 1.82) is 0 Å². The summed E-state index contributed by atoms with van der Waals surface area (Å²) in [6, 6.07) is 8.94. The molecule has 0 radical (unpaired) electrons. The Balaban J connectivity index is 0.000000319. The van der Waals surface area contributed by atoms with Gasteiger partial charge in [0.15, 0.2) is 0 Å². The highest BCUT2D eigenvalue weighted by Gasteiger charge is 2.24. The third kappa shape index (κ3) is 14.4. The van der Waals surface area contributed by atoms with E-state index in [1.54, 1.807) is 0 Å². The predicted octanol–water partition coefficient (Wildman–Crippen LogP) is 2.87. The number of piperazine rings is 1. The molecule has 2 aromatic heterocycles. The van der Waals surface area contributed by atoms with Gasteiger partial charge in [-0.05, 0) is 44.4 Å². The van der Waals surface area contributed by atoms with Gasteiger partial charge in [0.1, 0.15) is 0 Å². The molecule has 2 fully saturated rings. The van der Waals surface area contributed by atoms with E-state index in [-0.39, 0.29) is 0 Å². The Morgan fingerprint density at radius 2 is 1.38 bits per heavy atom. The van der Waals surface area contributed by atoms with Crippen molar-refractivity contribution < 1.29 is 44.3 Å². The number of rotatable bonds is 11. The van der Waals surface area contributed by atoms with E-state index in [1.807, 2.05) is 35.0 Å². The highest BCUT2D eigenvalue weighted by molar-refractivity contribution is 5.90. The number of carboxylic acids is 4. The van der Waals surface area contributed by atoms with Gasteiger partial charge in [0.25, 0.3) is 0 Å². The van der Waals surface area contributed by atoms with Crippen LogP contribution in [0.1, 0.15) is 44.9 Å². The lowest BCUT2D eigenvalue weighted by atomic mass is 9.94. The van der Waals surface area contributed by atoms with Crippen LogP contribution < -0.4 is 4.74 Å². The second-order valence-corrected chi connectivity index (χ2v) is 9.80. The minimum absolute atomic E-state index is 0.558. The molecule has 2 aromatic rings. The second kappa shape index (κ2) is 19.0. The summed E-state index contributed by atoms with van der Waals surface area (Å²) in [7, 11) is 0. The number of aromatic nitrogens is 2. The molecule has 3 heterocycles. The van der Waals surface area contributed by atoms with Gasteiger partial charge in [-0.25, -0.2) is 23.7 Å². The zero-order chi connectivity index (χ0) is 30.7. The van der Waals surface area contributed by atoms with Gasteiger partial charge in [-0.15, -0.1) is 5.10 Å². The van der Waals surface area contributed by atoms with Crippen molar-refractivity contribution in [2.45, 2.75) is 51.0 Å². The summed E-state index contributed by atoms with van der Waals surface area (Å²) in [5, 5.41) is 35.7. The Morgan fingerprint density at radius 1 is 0.810 bits per heavy atom. The van der Waals surface area contributed by atoms with E-state index in [2.05, 4.69) is 14.9 Å². The van der Waals surface area contributed by atoms with E-state index >= 15 is 0 Å². The highest BCUT2D eigenvalue weighted by atomic mass is 16.5. The summed E-state index contributed by atoms with van der Waals surface area (Å²) in [6.45, 7) is 6.97. The van der Waals surface area contributed by atoms with Crippen molar-refractivity contribution in [2.24, 2.45) is 0 Å². The van der Waals surface area contributed by atoms with Crippen LogP contribution >= 0.6 is 0 Å². The molecule has 230 valence electrons. The molecule has 1 saturated heterocycles. The zero-order valence-corrected chi connectivity index (χ0v) is 23.6. The molecule has 42 heavy (non-hydrogen) atoms. The Bertz CT molecular complexity index is 1100. The van der Waals surface area contributed by atoms with Gasteiger partial charge in [0, 0.05) is 68.8 Å². The Hall–Kier alpha value is -4.23. The van der Waals surface area contributed by atoms with Gasteiger partial charge in [0.2, 0.25) is 5.88 Å². The van der Waals surface area contributed by atoms with Crippen LogP contribution in [0, 0.1) is 0 Å². The summed E-state index contributed by atoms with van der Waals surface area (Å²) in [4.78, 5) is 43.6. The maximum Gasteiger partial charge on any atom is 0.328 e. The van der Waals surface area contributed by atoms with Crippen LogP contribution in [0.15, 0.2) is 54.8 Å². The van der Waals surface area contributed by atoms with Crippen LogP contribution in [0.5, 0.6) is 5.88 Å². The number of nitrogens with zero attached hydrogens (tertiary/aromatic N) is 4. The van der Waals surface area contributed by atoms with Crippen LogP contribution in [0.4, 0.5) is 0 Å². The first-order valence-electron chi connectivity index (χ1n) is 14.0. The first-order chi connectivity index (χ1) is 20.1. The number of hydrogen-bond acceptors (Lipinski definition) is 8. The smallest absolute Gasteiger partial charge is 0.328 e. The van der Waals surface area contributed by atoms with Gasteiger partial charge >= 0.3 is 23.9 Å². The molecule has 0 atom stereocenters. The van der Waals surface area contributed by atoms with E-state index in [0.717, 1.165) is 30.5 Å². The number of fused-ring (bicyclic) bond motifs is 1. The van der Waals surface area contributed by atoms with Crippen molar-refractivity contribution in [3.05, 3.63) is 54.8 Å². The van der Waals surface area contributed by atoms with Crippen LogP contribution in [0.2, 0.25) is 0 Å². The summed E-state index contributed by atoms with van der Waals surface area (Å²) in [5.41, 5.74) is 1.08. The predicted molar refractivity (Wildman–Crippen MR) is 154 cm³/mol. The fourth-order valence-electron chi connectivity index (χ4n) is 4.68. The summed E-state index contributed by atoms with van der Waals surface area (Å²) < 4.78 is 7.68. The minimum atomic E-state index is -1.26. The van der Waals surface area contributed by atoms with E-state index in [1.165, 1.54) is 71.2 Å². The highest BCUT2D eigenvalue weighted by Crippen LogP contribution is 2.23. The molecular weight excluding hydrogens is 548 g/mol. The molecule has 1 saturated carbocycles. The lowest BCUT2D eigenvalue weighted by Crippen LogP contribution is -2.50. The van der Waals surface area contributed by atoms with Crippen molar-refractivity contribution in [3.8, 4) is 5.88 Å². The van der Waals surface area contributed by atoms with Crippen molar-refractivity contribution in [3.63, 3.8) is 0 Å². The van der Waals surface area contributed by atoms with Crippen molar-refractivity contribution >= 4 is 29.4 Å². The van der Waals surface area contributed by atoms with E-state index in [0.29, 0.717) is 24.3 Å². The molecule has 0 spiro atoms. The molecule has 13 nitrogen and oxygen atoms in total. The number of hydrogen-bond donors (Lipinski definition) is 4. The van der Waals surface area contributed by atoms with E-state index in [9.17, 15) is 19.2 Å². The molecule has 1 aliphatic heterocycles. The molecule has 0 amide bonds. The Labute approximate surface area is 244 Å². The summed E-state index contributed by atoms with van der Waals surface area (Å²) in [5.74, 6) is -4.29. The fraction of sp³-hybridized carbons (Fsp3) is 0.483. The fourth-order valence-corrected chi connectivity index (χ4v) is 4.68. The van der Waals surface area contributed by atoms with E-state index in [4.69, 9.17) is 25.2 Å². The van der Waals surface area contributed by atoms with Crippen LogP contribution in [-0.2, 0) is 19.2 Å². The molecule has 2 aliphatic rings. The van der Waals surface area contributed by atoms with Crippen LogP contribution in [-0.4, -0.2) is 109 Å². The average molecular weight is 589 g/mol. The SMILES string of the molecule is O=C(O)/C=C\C(=O)O.O=C(O)/C=C\C(=O)O.c1ccn2nc(OCCCCN3CCN(C4CCCCC4)CC3)cc2c1. The van der Waals surface area contributed by atoms with E-state index < -0.39 is 23.9 Å². The van der Waals surface area contributed by atoms with Gasteiger partial charge < -0.3 is 30.1 Å². The molecule has 0 bridgehead atoms. The first kappa shape index (κ1) is 34.0. The number of pyridine rings is 1. The van der Waals surface area contributed by atoms with Gasteiger partial charge in [0.05, 0.1) is 12.1 Å². The Kier molecular flexibility index (Phi) is 15.4. The van der Waals surface area contributed by atoms with Gasteiger partial charge in [-0.2, -0.15) is 0 Å². The molecule has 4 rings (SSSR count). The van der Waals surface area contributed by atoms with Gasteiger partial charge in [-0.3, -0.25) is 4.90 Å². The number of unbranched alkanes of at least 4 members (excludes halogenated alkanes) is 1. The molecule has 0 aromatic carbocycles. The Morgan fingerprint density at radius 3 is 1.90 bits per heavy atom. The lowest BCUT2D eigenvalue weighted by molar-refractivity contribution is -0.134. The van der Waals surface area contributed by atoms with Crippen LogP contribution in [0.3, 0.4) is 0 Å². The quantitative estimate of drug-likeness (QED) is 0.223. The number of ether oxygens (including phenoxy) is 1. The van der Waals surface area contributed by atoms with Gasteiger partial charge in [-0.1, -0.05) is 25.3 Å². The number of carboxylic acid groups (broad SMARTS) is 4. The molecule has 13 heteroatoms. The maximum atomic E-state index is 9.55. The molecular formula is C29H40N4O9. The van der Waals surface area contributed by atoms with Crippen LogP contribution in [0.25, 0.3) is 5.52 Å². The lowest BCUT2D eigenvalue weighted by Gasteiger charge is -2.40. The number of aliphatic carboxylic acids is 4. The van der Waals surface area contributed by atoms with Crippen molar-refractivity contribution in [1.82, 2.24) is 19.4 Å². The third-order valence-corrected chi connectivity index (χ3v) is 6.70. The zero-order valence-electron chi connectivity index (χ0n) is 23.6. The minimum Gasteiger partial charge on any atom is -0.478 e. The monoisotopic (exact) mass is 588 g/mol. The maximum absolute atomic E-state index is 9.55.